The van der Waals surface area contributed by atoms with Crippen LogP contribution in [0, 0.1) is 5.92 Å². The Hall–Kier alpha value is -1.17. The maximum atomic E-state index is 11.4. The molecule has 5 heteroatoms. The van der Waals surface area contributed by atoms with Crippen LogP contribution in [0.2, 0.25) is 6.04 Å². The highest BCUT2D eigenvalue weighted by Crippen LogP contribution is 2.45. The summed E-state index contributed by atoms with van der Waals surface area (Å²) in [4.78, 5) is 15.0. The third kappa shape index (κ3) is 2.66. The fourth-order valence-electron chi connectivity index (χ4n) is 3.19. The minimum absolute atomic E-state index is 0.302. The van der Waals surface area contributed by atoms with Gasteiger partial charge in [0.25, 0.3) is 0 Å². The molecular weight excluding hydrogens is 270 g/mol. The quantitative estimate of drug-likeness (QED) is 0.630. The number of methoxy groups -OCH3 is 1. The maximum absolute atomic E-state index is 11.4. The molecule has 2 aliphatic rings. The molecule has 0 radical (unpaired) electrons. The molecule has 0 unspecified atom stereocenters. The molecule has 3 rings (SSSR count). The van der Waals surface area contributed by atoms with E-state index >= 15 is 0 Å². The van der Waals surface area contributed by atoms with E-state index in [2.05, 4.69) is 4.98 Å². The molecule has 1 aliphatic carbocycles. The van der Waals surface area contributed by atoms with Crippen LogP contribution in [0.3, 0.4) is 0 Å². The molecule has 108 valence electrons. The lowest BCUT2D eigenvalue weighted by molar-refractivity contribution is 0.0239. The predicted octanol–water partition coefficient (Wildman–Crippen LogP) is 0.538. The van der Waals surface area contributed by atoms with Gasteiger partial charge >= 0.3 is 5.97 Å². The van der Waals surface area contributed by atoms with E-state index in [1.54, 1.807) is 0 Å². The third-order valence-electron chi connectivity index (χ3n) is 4.58. The van der Waals surface area contributed by atoms with E-state index in [1.807, 2.05) is 24.3 Å². The Kier molecular flexibility index (Phi) is 3.66. The third-order valence-corrected chi connectivity index (χ3v) is 7.66. The van der Waals surface area contributed by atoms with E-state index in [-0.39, 0.29) is 5.97 Å². The van der Waals surface area contributed by atoms with Gasteiger partial charge in [0.1, 0.15) is 8.96 Å². The van der Waals surface area contributed by atoms with Crippen molar-refractivity contribution >= 4 is 20.1 Å². The van der Waals surface area contributed by atoms with Crippen molar-refractivity contribution in [2.45, 2.75) is 30.9 Å². The summed E-state index contributed by atoms with van der Waals surface area (Å²) < 4.78 is 4.71. The van der Waals surface area contributed by atoms with E-state index in [0.29, 0.717) is 11.5 Å². The van der Waals surface area contributed by atoms with Crippen LogP contribution >= 0.6 is 0 Å². The van der Waals surface area contributed by atoms with Crippen LogP contribution in [0.25, 0.3) is 0 Å². The maximum Gasteiger partial charge on any atom is 0.337 e. The van der Waals surface area contributed by atoms with Crippen molar-refractivity contribution in [3.8, 4) is 0 Å². The number of ether oxygens (including phenoxy) is 1. The number of hydrogen-bond acceptors (Lipinski definition) is 4. The largest absolute Gasteiger partial charge is 0.465 e. The van der Waals surface area contributed by atoms with Crippen LogP contribution in [-0.2, 0) is 4.74 Å². The second kappa shape index (κ2) is 5.31. The molecule has 1 aromatic rings. The Balaban J connectivity index is 1.73. The summed E-state index contributed by atoms with van der Waals surface area (Å²) in [6.45, 7) is 0.905. The highest BCUT2D eigenvalue weighted by atomic mass is 28.3. The molecule has 1 aliphatic heterocycles. The van der Waals surface area contributed by atoms with E-state index in [4.69, 9.17) is 4.74 Å². The second-order valence-electron chi connectivity index (χ2n) is 5.95. The Labute approximate surface area is 120 Å². The zero-order valence-electron chi connectivity index (χ0n) is 11.8. The van der Waals surface area contributed by atoms with Crippen LogP contribution in [-0.4, -0.2) is 39.3 Å². The van der Waals surface area contributed by atoms with E-state index < -0.39 is 14.6 Å². The Morgan fingerprint density at radius 2 is 2.10 bits per heavy atom. The number of esters is 1. The fraction of sp³-hybridized carbons (Fsp3) is 0.533. The van der Waals surface area contributed by atoms with Crippen molar-refractivity contribution in [3.05, 3.63) is 29.8 Å². The molecule has 2 N–H and O–H groups in total. The average molecular weight is 291 g/mol. The van der Waals surface area contributed by atoms with Gasteiger partial charge in [0.2, 0.25) is 0 Å². The van der Waals surface area contributed by atoms with Crippen molar-refractivity contribution in [2.24, 2.45) is 5.92 Å². The topological polar surface area (TPSA) is 58.6 Å². The molecule has 4 nitrogen and oxygen atoms in total. The van der Waals surface area contributed by atoms with Crippen molar-refractivity contribution in [2.75, 3.05) is 13.7 Å². The van der Waals surface area contributed by atoms with Gasteiger partial charge in [0.15, 0.2) is 0 Å². The average Bonchev–Trinajstić information content (AvgIpc) is 3.32. The van der Waals surface area contributed by atoms with Crippen molar-refractivity contribution in [1.82, 2.24) is 4.98 Å². The Bertz CT molecular complexity index is 500. The van der Waals surface area contributed by atoms with E-state index in [9.17, 15) is 9.90 Å². The first-order valence-electron chi connectivity index (χ1n) is 7.26. The number of nitrogens with one attached hydrogen (secondary N) is 1. The van der Waals surface area contributed by atoms with Crippen LogP contribution in [0.5, 0.6) is 0 Å². The van der Waals surface area contributed by atoms with Gasteiger partial charge in [-0.2, -0.15) is 0 Å². The molecule has 20 heavy (non-hydrogen) atoms. The SMILES string of the molecule is COC(=O)c1ccc([Si@@H]2C[C@@](O)(C3CC3)CCN2)cc1. The zero-order valence-corrected chi connectivity index (χ0v) is 12.9. The first-order valence-corrected chi connectivity index (χ1v) is 9.23. The zero-order chi connectivity index (χ0) is 14.2. The van der Waals surface area contributed by atoms with Gasteiger partial charge in [-0.3, -0.25) is 0 Å². The van der Waals surface area contributed by atoms with Crippen LogP contribution in [0.15, 0.2) is 24.3 Å². The van der Waals surface area contributed by atoms with Gasteiger partial charge in [-0.15, -0.1) is 0 Å². The van der Waals surface area contributed by atoms with Gasteiger partial charge < -0.3 is 14.8 Å². The molecule has 0 bridgehead atoms. The van der Waals surface area contributed by atoms with Crippen molar-refractivity contribution in [1.29, 1.82) is 0 Å². The molecule has 0 spiro atoms. The van der Waals surface area contributed by atoms with Gasteiger partial charge in [-0.1, -0.05) is 12.1 Å². The molecule has 2 atom stereocenters. The summed E-state index contributed by atoms with van der Waals surface area (Å²) in [5.74, 6) is 0.221. The lowest BCUT2D eigenvalue weighted by atomic mass is 9.96. The lowest BCUT2D eigenvalue weighted by Crippen LogP contribution is -2.56. The van der Waals surface area contributed by atoms with Gasteiger partial charge in [0, 0.05) is 0 Å². The first-order chi connectivity index (χ1) is 9.62. The molecule has 1 saturated heterocycles. The van der Waals surface area contributed by atoms with Gasteiger partial charge in [-0.25, -0.2) is 4.79 Å². The molecule has 0 amide bonds. The highest BCUT2D eigenvalue weighted by Gasteiger charge is 2.46. The summed E-state index contributed by atoms with van der Waals surface area (Å²) in [6.07, 6.45) is 3.24. The Morgan fingerprint density at radius 3 is 2.70 bits per heavy atom. The second-order valence-corrected chi connectivity index (χ2v) is 8.54. The monoisotopic (exact) mass is 291 g/mol. The minimum Gasteiger partial charge on any atom is -0.465 e. The normalized spacial score (nSPS) is 30.0. The molecule has 1 aromatic carbocycles. The number of aliphatic hydroxyl groups is 1. The smallest absolute Gasteiger partial charge is 0.337 e. The fourth-order valence-corrected chi connectivity index (χ4v) is 6.20. The Morgan fingerprint density at radius 1 is 1.40 bits per heavy atom. The molecule has 0 aromatic heterocycles. The van der Waals surface area contributed by atoms with Gasteiger partial charge in [0.05, 0.1) is 18.3 Å². The predicted molar refractivity (Wildman–Crippen MR) is 79.7 cm³/mol. The number of rotatable bonds is 3. The lowest BCUT2D eigenvalue weighted by Gasteiger charge is -2.37. The minimum atomic E-state index is -1.34. The molecule has 2 fully saturated rings. The molecule has 1 heterocycles. The number of benzene rings is 1. The van der Waals surface area contributed by atoms with Crippen LogP contribution in [0.1, 0.15) is 29.6 Å². The number of hydrogen-bond donors (Lipinski definition) is 2. The number of carbonyl (C=O) groups excluding carboxylic acids is 1. The van der Waals surface area contributed by atoms with Gasteiger partial charge in [-0.05, 0) is 55.1 Å². The van der Waals surface area contributed by atoms with E-state index in [0.717, 1.165) is 19.0 Å². The summed E-state index contributed by atoms with van der Waals surface area (Å²) in [7, 11) is 0.0537. The number of carbonyl (C=O) groups is 1. The highest BCUT2D eigenvalue weighted by molar-refractivity contribution is 6.71. The van der Waals surface area contributed by atoms with Crippen molar-refractivity contribution in [3.63, 3.8) is 0 Å². The molecular formula is C15H21NO3Si. The van der Waals surface area contributed by atoms with Crippen LogP contribution in [0.4, 0.5) is 0 Å². The van der Waals surface area contributed by atoms with Crippen molar-refractivity contribution < 1.29 is 14.6 Å². The standard InChI is InChI=1S/C15H21NO3Si/c1-19-14(17)11-2-6-13(7-3-11)20-10-15(18,8-9-16-20)12-4-5-12/h2-3,6-7,12,16,18,20H,4-5,8-10H2,1H3/t15-,20+/m1/s1. The van der Waals surface area contributed by atoms with Crippen LogP contribution < -0.4 is 10.2 Å². The first kappa shape index (κ1) is 13.8. The summed E-state index contributed by atoms with van der Waals surface area (Å²) in [5, 5.41) is 12.0. The molecule has 1 saturated carbocycles. The summed E-state index contributed by atoms with van der Waals surface area (Å²) in [6, 6.07) is 8.56. The summed E-state index contributed by atoms with van der Waals surface area (Å²) in [5.41, 5.74) is 0.141. The summed E-state index contributed by atoms with van der Waals surface area (Å²) >= 11 is 0. The van der Waals surface area contributed by atoms with E-state index in [1.165, 1.54) is 25.1 Å².